The van der Waals surface area contributed by atoms with E-state index in [4.69, 9.17) is 0 Å². The summed E-state index contributed by atoms with van der Waals surface area (Å²) in [4.78, 5) is 0. The van der Waals surface area contributed by atoms with Gasteiger partial charge in [-0.1, -0.05) is 31.0 Å². The highest BCUT2D eigenvalue weighted by molar-refractivity contribution is 5.58. The van der Waals surface area contributed by atoms with Crippen LogP contribution in [0.4, 0.5) is 5.69 Å². The van der Waals surface area contributed by atoms with E-state index < -0.39 is 0 Å². The van der Waals surface area contributed by atoms with Gasteiger partial charge < -0.3 is 5.32 Å². The Balaban J connectivity index is 2.29. The molecule has 1 aromatic rings. The second-order valence-corrected chi connectivity index (χ2v) is 3.96. The summed E-state index contributed by atoms with van der Waals surface area (Å²) in [5.41, 5.74) is 4.26. The fraction of sp³-hybridized carbons (Fsp3) is 0.500. The summed E-state index contributed by atoms with van der Waals surface area (Å²) >= 11 is 0. The average molecular weight is 175 g/mol. The topological polar surface area (TPSA) is 12.0 Å². The molecule has 0 aromatic heterocycles. The van der Waals surface area contributed by atoms with Crippen molar-refractivity contribution in [2.24, 2.45) is 0 Å². The van der Waals surface area contributed by atoms with Crippen LogP contribution in [0.3, 0.4) is 0 Å². The van der Waals surface area contributed by atoms with Crippen LogP contribution in [0, 0.1) is 6.92 Å². The summed E-state index contributed by atoms with van der Waals surface area (Å²) in [5, 5.41) is 3.46. The molecule has 2 rings (SSSR count). The number of hydrogen-bond donors (Lipinski definition) is 1. The first-order valence-electron chi connectivity index (χ1n) is 5.15. The number of benzene rings is 1. The molecule has 0 bridgehead atoms. The van der Waals surface area contributed by atoms with Crippen LogP contribution in [0.15, 0.2) is 18.2 Å². The largest absolute Gasteiger partial charge is 0.384 e. The van der Waals surface area contributed by atoms with Crippen molar-refractivity contribution in [3.63, 3.8) is 0 Å². The van der Waals surface area contributed by atoms with Gasteiger partial charge in [0.1, 0.15) is 0 Å². The zero-order valence-electron chi connectivity index (χ0n) is 8.43. The summed E-state index contributed by atoms with van der Waals surface area (Å²) < 4.78 is 0. The number of hydrogen-bond acceptors (Lipinski definition) is 1. The van der Waals surface area contributed by atoms with E-state index in [0.29, 0.717) is 0 Å². The maximum atomic E-state index is 3.46. The van der Waals surface area contributed by atoms with Gasteiger partial charge in [0.05, 0.1) is 0 Å². The van der Waals surface area contributed by atoms with Crippen LogP contribution in [-0.4, -0.2) is 6.54 Å². The van der Waals surface area contributed by atoms with Crippen molar-refractivity contribution < 1.29 is 0 Å². The van der Waals surface area contributed by atoms with Gasteiger partial charge in [0, 0.05) is 18.2 Å². The fourth-order valence-electron chi connectivity index (χ4n) is 2.13. The third kappa shape index (κ3) is 1.55. The molecule has 1 N–H and O–H groups in total. The van der Waals surface area contributed by atoms with Crippen LogP contribution in [0.5, 0.6) is 0 Å². The molecule has 1 heteroatoms. The molecular formula is C12H17N. The fourth-order valence-corrected chi connectivity index (χ4v) is 2.13. The zero-order valence-corrected chi connectivity index (χ0v) is 8.43. The van der Waals surface area contributed by atoms with E-state index >= 15 is 0 Å². The van der Waals surface area contributed by atoms with Crippen LogP contribution in [0.25, 0.3) is 0 Å². The predicted molar refractivity (Wildman–Crippen MR) is 57.3 cm³/mol. The lowest BCUT2D eigenvalue weighted by molar-refractivity contribution is 0.661. The van der Waals surface area contributed by atoms with Crippen LogP contribution in [0.1, 0.15) is 36.8 Å². The normalized spacial score (nSPS) is 19.7. The molecule has 1 aromatic carbocycles. The molecule has 0 radical (unpaired) electrons. The van der Waals surface area contributed by atoms with E-state index in [9.17, 15) is 0 Å². The van der Waals surface area contributed by atoms with Crippen molar-refractivity contribution in [1.82, 2.24) is 0 Å². The van der Waals surface area contributed by atoms with Gasteiger partial charge >= 0.3 is 0 Å². The van der Waals surface area contributed by atoms with Gasteiger partial charge in [-0.3, -0.25) is 0 Å². The van der Waals surface area contributed by atoms with E-state index in [1.165, 1.54) is 29.7 Å². The van der Waals surface area contributed by atoms with Crippen molar-refractivity contribution in [3.05, 3.63) is 29.3 Å². The standard InChI is InChI=1S/C12H17N/c1-3-4-10-8-13-12-6-5-9(2)7-11(10)12/h5-7,10,13H,3-4,8H2,1-2H3/t10-/m0/s1. The van der Waals surface area contributed by atoms with Crippen molar-refractivity contribution >= 4 is 5.69 Å². The first kappa shape index (κ1) is 8.61. The maximum Gasteiger partial charge on any atom is 0.0376 e. The number of anilines is 1. The molecule has 13 heavy (non-hydrogen) atoms. The Morgan fingerprint density at radius 3 is 3.08 bits per heavy atom. The van der Waals surface area contributed by atoms with Gasteiger partial charge in [0.15, 0.2) is 0 Å². The summed E-state index contributed by atoms with van der Waals surface area (Å²) in [6.07, 6.45) is 2.59. The number of fused-ring (bicyclic) bond motifs is 1. The van der Waals surface area contributed by atoms with Gasteiger partial charge in [-0.2, -0.15) is 0 Å². The lowest BCUT2D eigenvalue weighted by Crippen LogP contribution is -2.00. The third-order valence-corrected chi connectivity index (χ3v) is 2.82. The van der Waals surface area contributed by atoms with E-state index in [-0.39, 0.29) is 0 Å². The Hall–Kier alpha value is -0.980. The highest BCUT2D eigenvalue weighted by Gasteiger charge is 2.20. The highest BCUT2D eigenvalue weighted by atomic mass is 14.9. The summed E-state index contributed by atoms with van der Waals surface area (Å²) in [6, 6.07) is 6.72. The minimum absolute atomic E-state index is 0.750. The van der Waals surface area contributed by atoms with Crippen molar-refractivity contribution in [2.45, 2.75) is 32.6 Å². The van der Waals surface area contributed by atoms with E-state index in [2.05, 4.69) is 37.4 Å². The van der Waals surface area contributed by atoms with E-state index in [0.717, 1.165) is 12.5 Å². The molecule has 1 atom stereocenters. The van der Waals surface area contributed by atoms with Crippen molar-refractivity contribution in [3.8, 4) is 0 Å². The molecule has 0 amide bonds. The van der Waals surface area contributed by atoms with Gasteiger partial charge in [-0.05, 0) is 25.0 Å². The number of aryl methyl sites for hydroxylation is 1. The first-order valence-corrected chi connectivity index (χ1v) is 5.15. The van der Waals surface area contributed by atoms with Gasteiger partial charge in [-0.15, -0.1) is 0 Å². The third-order valence-electron chi connectivity index (χ3n) is 2.82. The van der Waals surface area contributed by atoms with Crippen molar-refractivity contribution in [2.75, 3.05) is 11.9 Å². The monoisotopic (exact) mass is 175 g/mol. The van der Waals surface area contributed by atoms with Crippen LogP contribution in [-0.2, 0) is 0 Å². The SMILES string of the molecule is CCC[C@H]1CNc2ccc(C)cc21. The van der Waals surface area contributed by atoms with Gasteiger partial charge in [-0.25, -0.2) is 0 Å². The van der Waals surface area contributed by atoms with E-state index in [1.54, 1.807) is 0 Å². The second kappa shape index (κ2) is 3.41. The number of nitrogens with one attached hydrogen (secondary N) is 1. The molecular weight excluding hydrogens is 158 g/mol. The molecule has 0 fully saturated rings. The molecule has 0 saturated heterocycles. The Kier molecular flexibility index (Phi) is 2.26. The first-order chi connectivity index (χ1) is 6.31. The van der Waals surface area contributed by atoms with Gasteiger partial charge in [0.25, 0.3) is 0 Å². The van der Waals surface area contributed by atoms with Crippen LogP contribution < -0.4 is 5.32 Å². The molecule has 1 aliphatic heterocycles. The summed E-state index contributed by atoms with van der Waals surface area (Å²) in [5.74, 6) is 0.750. The second-order valence-electron chi connectivity index (χ2n) is 3.96. The molecule has 0 unspecified atom stereocenters. The smallest absolute Gasteiger partial charge is 0.0376 e. The van der Waals surface area contributed by atoms with E-state index in [1.807, 2.05) is 0 Å². The Morgan fingerprint density at radius 2 is 2.31 bits per heavy atom. The molecule has 1 aliphatic rings. The Bertz CT molecular complexity index is 302. The predicted octanol–water partition coefficient (Wildman–Crippen LogP) is 3.30. The zero-order chi connectivity index (χ0) is 9.26. The lowest BCUT2D eigenvalue weighted by Gasteiger charge is -2.08. The van der Waals surface area contributed by atoms with Crippen LogP contribution >= 0.6 is 0 Å². The lowest BCUT2D eigenvalue weighted by atomic mass is 9.95. The van der Waals surface area contributed by atoms with Gasteiger partial charge in [0.2, 0.25) is 0 Å². The minimum Gasteiger partial charge on any atom is -0.384 e. The molecule has 0 saturated carbocycles. The number of rotatable bonds is 2. The molecule has 0 spiro atoms. The Labute approximate surface area is 80.2 Å². The molecule has 1 heterocycles. The molecule has 70 valence electrons. The quantitative estimate of drug-likeness (QED) is 0.727. The maximum absolute atomic E-state index is 3.46. The summed E-state index contributed by atoms with van der Waals surface area (Å²) in [6.45, 7) is 5.56. The average Bonchev–Trinajstić information content (AvgIpc) is 2.49. The minimum atomic E-state index is 0.750. The van der Waals surface area contributed by atoms with Crippen molar-refractivity contribution in [1.29, 1.82) is 0 Å². The molecule has 1 nitrogen and oxygen atoms in total. The highest BCUT2D eigenvalue weighted by Crippen LogP contribution is 2.34. The summed E-state index contributed by atoms with van der Waals surface area (Å²) in [7, 11) is 0. The molecule has 0 aliphatic carbocycles. The Morgan fingerprint density at radius 1 is 1.46 bits per heavy atom. The van der Waals surface area contributed by atoms with Crippen LogP contribution in [0.2, 0.25) is 0 Å².